The van der Waals surface area contributed by atoms with Crippen molar-refractivity contribution in [1.29, 1.82) is 0 Å². The van der Waals surface area contributed by atoms with Crippen LogP contribution < -0.4 is 0 Å². The van der Waals surface area contributed by atoms with Crippen LogP contribution in [0.15, 0.2) is 48.7 Å². The predicted octanol–water partition coefficient (Wildman–Crippen LogP) is 5.34. The quantitative estimate of drug-likeness (QED) is 0.442. The molecule has 2 aromatic carbocycles. The second kappa shape index (κ2) is 7.02. The molecule has 0 saturated carbocycles. The molecule has 1 aromatic heterocycles. The van der Waals surface area contributed by atoms with Crippen molar-refractivity contribution in [2.45, 2.75) is 32.3 Å². The molecule has 0 radical (unpaired) electrons. The summed E-state index contributed by atoms with van der Waals surface area (Å²) in [5.41, 5.74) is 4.09. The van der Waals surface area contributed by atoms with Crippen molar-refractivity contribution in [3.63, 3.8) is 0 Å². The molecule has 0 spiro atoms. The monoisotopic (exact) mass is 511 g/mol. The average molecular weight is 512 g/mol. The predicted molar refractivity (Wildman–Crippen MR) is 97.9 cm³/mol. The third-order valence-electron chi connectivity index (χ3n) is 5.44. The Morgan fingerprint density at radius 3 is 2.72 bits per heavy atom. The second-order valence-electron chi connectivity index (χ2n) is 6.77. The van der Waals surface area contributed by atoms with Crippen LogP contribution in [0.25, 0.3) is 22.0 Å². The summed E-state index contributed by atoms with van der Waals surface area (Å²) < 4.78 is 6.28. The zero-order chi connectivity index (χ0) is 16.7. The van der Waals surface area contributed by atoms with Crippen LogP contribution >= 0.6 is 0 Å². The fourth-order valence-electron chi connectivity index (χ4n) is 4.03. The second-order valence-corrected chi connectivity index (χ2v) is 6.77. The van der Waals surface area contributed by atoms with Gasteiger partial charge in [0.2, 0.25) is 0 Å². The van der Waals surface area contributed by atoms with Gasteiger partial charge < -0.3 is 9.72 Å². The molecule has 0 N–H and O–H groups in total. The van der Waals surface area contributed by atoms with Crippen LogP contribution in [0.4, 0.5) is 0 Å². The van der Waals surface area contributed by atoms with Gasteiger partial charge in [-0.1, -0.05) is 44.0 Å². The smallest absolute Gasteiger partial charge is 0.0852 e. The van der Waals surface area contributed by atoms with E-state index in [-0.39, 0.29) is 21.1 Å². The first-order valence-electron chi connectivity index (χ1n) is 8.66. The Labute approximate surface area is 163 Å². The Morgan fingerprint density at radius 1 is 1.16 bits per heavy atom. The fourth-order valence-corrected chi connectivity index (χ4v) is 4.03. The number of fused-ring (bicyclic) bond motifs is 2. The summed E-state index contributed by atoms with van der Waals surface area (Å²) in [4.78, 5) is 4.69. The van der Waals surface area contributed by atoms with Gasteiger partial charge in [0.1, 0.15) is 0 Å². The number of rotatable bonds is 4. The third kappa shape index (κ3) is 2.67. The van der Waals surface area contributed by atoms with Crippen LogP contribution in [-0.4, -0.2) is 12.1 Å². The van der Waals surface area contributed by atoms with E-state index < -0.39 is 5.60 Å². The first kappa shape index (κ1) is 18.3. The molecule has 3 aromatic rings. The van der Waals surface area contributed by atoms with Crippen LogP contribution in [0.2, 0.25) is 0 Å². The van der Waals surface area contributed by atoms with Crippen molar-refractivity contribution in [2.75, 3.05) is 7.11 Å². The third-order valence-corrected chi connectivity index (χ3v) is 5.44. The van der Waals surface area contributed by atoms with E-state index in [1.165, 1.54) is 21.9 Å². The topological polar surface area (TPSA) is 22.1 Å². The molecule has 1 aliphatic carbocycles. The van der Waals surface area contributed by atoms with Crippen molar-refractivity contribution in [3.05, 3.63) is 65.9 Å². The molecule has 132 valence electrons. The van der Waals surface area contributed by atoms with Gasteiger partial charge in [-0.3, -0.25) is 0 Å². The van der Waals surface area contributed by atoms with Crippen molar-refractivity contribution in [3.8, 4) is 11.3 Å². The summed E-state index contributed by atoms with van der Waals surface area (Å²) in [7, 11) is 1.83. The van der Waals surface area contributed by atoms with Crippen LogP contribution in [0, 0.1) is 12.0 Å². The van der Waals surface area contributed by atoms with Crippen LogP contribution in [0.5, 0.6) is 0 Å². The standard InChI is InChI=1S/C22H22NO.Pt/c1-4-15(2)14-22(24-3)18-10-6-5-9-17(18)21-20-16(12-13-23-21)8-7-11-19(20)22;/h5-8,10-13,15H,4,14H2,1-3H3;/q-1;. The van der Waals surface area contributed by atoms with Gasteiger partial charge >= 0.3 is 0 Å². The Kier molecular flexibility index (Phi) is 5.13. The molecule has 25 heavy (non-hydrogen) atoms. The molecular weight excluding hydrogens is 489 g/mol. The van der Waals surface area contributed by atoms with Crippen molar-refractivity contribution < 1.29 is 25.8 Å². The maximum atomic E-state index is 6.28. The molecule has 1 heterocycles. The minimum absolute atomic E-state index is 0. The molecule has 4 rings (SSSR count). The van der Waals surface area contributed by atoms with Gasteiger partial charge in [-0.25, -0.2) is 0 Å². The van der Waals surface area contributed by atoms with Crippen molar-refractivity contribution >= 4 is 10.8 Å². The Hall–Kier alpha value is -1.50. The van der Waals surface area contributed by atoms with Gasteiger partial charge in [0.05, 0.1) is 5.60 Å². The largest absolute Gasteiger partial charge is 0.378 e. The molecule has 0 bridgehead atoms. The maximum absolute atomic E-state index is 6.28. The van der Waals surface area contributed by atoms with Gasteiger partial charge in [-0.2, -0.15) is 0 Å². The molecule has 2 unspecified atom stereocenters. The number of pyridine rings is 1. The fraction of sp³-hybridized carbons (Fsp3) is 0.318. The number of ether oxygens (including phenoxy) is 1. The summed E-state index contributed by atoms with van der Waals surface area (Å²) in [5.74, 6) is 0.562. The van der Waals surface area contributed by atoms with Gasteiger partial charge in [0, 0.05) is 34.4 Å². The minimum atomic E-state index is -0.432. The summed E-state index contributed by atoms with van der Waals surface area (Å²) in [5, 5.41) is 2.42. The zero-order valence-electron chi connectivity index (χ0n) is 14.8. The summed E-state index contributed by atoms with van der Waals surface area (Å²) in [6, 6.07) is 18.2. The van der Waals surface area contributed by atoms with E-state index in [1.807, 2.05) is 19.4 Å². The van der Waals surface area contributed by atoms with Gasteiger partial charge in [0.25, 0.3) is 0 Å². The molecular formula is C22H22NOPt-. The number of nitrogens with zero attached hydrogens (tertiary/aromatic N) is 1. The molecule has 0 aliphatic heterocycles. The van der Waals surface area contributed by atoms with E-state index in [4.69, 9.17) is 9.72 Å². The van der Waals surface area contributed by atoms with E-state index in [2.05, 4.69) is 56.3 Å². The van der Waals surface area contributed by atoms with Crippen molar-refractivity contribution in [2.24, 2.45) is 5.92 Å². The van der Waals surface area contributed by atoms with Gasteiger partial charge in [-0.05, 0) is 40.4 Å². The van der Waals surface area contributed by atoms with Crippen LogP contribution in [0.1, 0.15) is 37.8 Å². The zero-order valence-corrected chi connectivity index (χ0v) is 17.1. The molecule has 0 amide bonds. The first-order valence-corrected chi connectivity index (χ1v) is 8.66. The van der Waals surface area contributed by atoms with Crippen LogP contribution in [-0.2, 0) is 31.4 Å². The molecule has 1 aliphatic rings. The minimum Gasteiger partial charge on any atom is -0.378 e. The number of methoxy groups -OCH3 is 1. The Morgan fingerprint density at radius 2 is 1.96 bits per heavy atom. The van der Waals surface area contributed by atoms with E-state index >= 15 is 0 Å². The van der Waals surface area contributed by atoms with Crippen molar-refractivity contribution in [1.82, 2.24) is 4.98 Å². The molecule has 0 saturated heterocycles. The van der Waals surface area contributed by atoms with E-state index in [0.717, 1.165) is 24.1 Å². The number of hydrogen-bond acceptors (Lipinski definition) is 2. The van der Waals surface area contributed by atoms with E-state index in [0.29, 0.717) is 5.92 Å². The van der Waals surface area contributed by atoms with Gasteiger partial charge in [0.15, 0.2) is 0 Å². The molecule has 2 nitrogen and oxygen atoms in total. The summed E-state index contributed by atoms with van der Waals surface area (Å²) in [6.07, 6.45) is 3.98. The van der Waals surface area contributed by atoms with E-state index in [9.17, 15) is 0 Å². The Bertz CT molecular complexity index is 902. The normalized spacial score (nSPS) is 19.2. The SMILES string of the molecule is CCC(C)CC1(OC)c2ccc[c-]c2-c2nccc3cccc1c23.[Pt]. The molecule has 0 fully saturated rings. The molecule has 2 atom stereocenters. The van der Waals surface area contributed by atoms with Crippen LogP contribution in [0.3, 0.4) is 0 Å². The average Bonchev–Trinajstić information content (AvgIpc) is 2.65. The molecule has 3 heteroatoms. The number of hydrogen-bond donors (Lipinski definition) is 0. The number of aromatic nitrogens is 1. The summed E-state index contributed by atoms with van der Waals surface area (Å²) in [6.45, 7) is 4.54. The summed E-state index contributed by atoms with van der Waals surface area (Å²) >= 11 is 0. The first-order chi connectivity index (χ1) is 11.7. The Balaban J connectivity index is 0.00000182. The van der Waals surface area contributed by atoms with E-state index in [1.54, 1.807) is 0 Å². The maximum Gasteiger partial charge on any atom is 0.0852 e. The van der Waals surface area contributed by atoms with Gasteiger partial charge in [-0.15, -0.1) is 29.8 Å². The number of benzene rings is 2.